The summed E-state index contributed by atoms with van der Waals surface area (Å²) in [5, 5.41) is 3.32. The molecule has 4 heteroatoms. The minimum absolute atomic E-state index is 0.114. The molecule has 2 rings (SSSR count). The lowest BCUT2D eigenvalue weighted by atomic mass is 10.1. The quantitative estimate of drug-likeness (QED) is 0.880. The maximum absolute atomic E-state index is 5.61. The summed E-state index contributed by atoms with van der Waals surface area (Å²) < 4.78 is 11.1. The topological polar surface area (TPSA) is 33.7 Å². The van der Waals surface area contributed by atoms with Crippen LogP contribution in [-0.4, -0.2) is 44.3 Å². The van der Waals surface area contributed by atoms with Gasteiger partial charge < -0.3 is 19.7 Å². The molecule has 0 fully saturated rings. The lowest BCUT2D eigenvalue weighted by Crippen LogP contribution is -2.46. The molecule has 0 spiro atoms. The molecule has 0 aromatic heterocycles. The van der Waals surface area contributed by atoms with Crippen molar-refractivity contribution in [3.63, 3.8) is 0 Å². The third-order valence-corrected chi connectivity index (χ3v) is 3.40. The smallest absolute Gasteiger partial charge is 0.161 e. The molecule has 0 atom stereocenters. The fraction of sp³-hybridized carbons (Fsp3) is 0.600. The molecule has 1 aliphatic heterocycles. The molecule has 0 saturated heterocycles. The van der Waals surface area contributed by atoms with E-state index < -0.39 is 0 Å². The highest BCUT2D eigenvalue weighted by atomic mass is 16.6. The second-order valence-electron chi connectivity index (χ2n) is 5.78. The molecule has 19 heavy (non-hydrogen) atoms. The zero-order chi connectivity index (χ0) is 13.9. The number of ether oxygens (including phenoxy) is 2. The zero-order valence-electron chi connectivity index (χ0n) is 12.3. The second kappa shape index (κ2) is 5.80. The van der Waals surface area contributed by atoms with Crippen LogP contribution in [0.15, 0.2) is 18.2 Å². The van der Waals surface area contributed by atoms with Gasteiger partial charge in [-0.3, -0.25) is 0 Å². The van der Waals surface area contributed by atoms with E-state index in [9.17, 15) is 0 Å². The summed E-state index contributed by atoms with van der Waals surface area (Å²) in [6.07, 6.45) is 0. The van der Waals surface area contributed by atoms with Crippen molar-refractivity contribution in [2.75, 3.05) is 33.9 Å². The Kier molecular flexibility index (Phi) is 4.32. The summed E-state index contributed by atoms with van der Waals surface area (Å²) >= 11 is 0. The summed E-state index contributed by atoms with van der Waals surface area (Å²) in [7, 11) is 4.13. The highest BCUT2D eigenvalue weighted by Gasteiger charge is 2.18. The van der Waals surface area contributed by atoms with E-state index in [0.717, 1.165) is 24.6 Å². The predicted molar refractivity (Wildman–Crippen MR) is 76.9 cm³/mol. The molecule has 4 nitrogen and oxygen atoms in total. The maximum Gasteiger partial charge on any atom is 0.161 e. The first-order valence-electron chi connectivity index (χ1n) is 6.76. The lowest BCUT2D eigenvalue weighted by molar-refractivity contribution is 0.171. The Morgan fingerprint density at radius 3 is 2.58 bits per heavy atom. The van der Waals surface area contributed by atoms with Gasteiger partial charge in [0, 0.05) is 18.6 Å². The molecule has 0 bridgehead atoms. The van der Waals surface area contributed by atoms with Crippen molar-refractivity contribution >= 4 is 0 Å². The van der Waals surface area contributed by atoms with Gasteiger partial charge in [-0.05, 0) is 45.6 Å². The van der Waals surface area contributed by atoms with Crippen LogP contribution in [0.4, 0.5) is 0 Å². The van der Waals surface area contributed by atoms with Crippen molar-refractivity contribution in [2.24, 2.45) is 0 Å². The van der Waals surface area contributed by atoms with Gasteiger partial charge in [0.25, 0.3) is 0 Å². The molecule has 1 N–H and O–H groups in total. The van der Waals surface area contributed by atoms with Crippen LogP contribution in [0.2, 0.25) is 0 Å². The van der Waals surface area contributed by atoms with E-state index in [0.29, 0.717) is 13.2 Å². The van der Waals surface area contributed by atoms with Crippen molar-refractivity contribution in [1.29, 1.82) is 0 Å². The molecular formula is C15H24N2O2. The van der Waals surface area contributed by atoms with Crippen molar-refractivity contribution in [1.82, 2.24) is 10.2 Å². The van der Waals surface area contributed by atoms with Gasteiger partial charge in [-0.25, -0.2) is 0 Å². The number of hydrogen-bond acceptors (Lipinski definition) is 4. The normalized spacial score (nSPS) is 14.8. The average Bonchev–Trinajstić information content (AvgIpc) is 2.38. The lowest BCUT2D eigenvalue weighted by Gasteiger charge is -2.30. The van der Waals surface area contributed by atoms with Crippen molar-refractivity contribution < 1.29 is 9.47 Å². The van der Waals surface area contributed by atoms with Crippen LogP contribution < -0.4 is 14.8 Å². The van der Waals surface area contributed by atoms with Gasteiger partial charge in [0.1, 0.15) is 13.2 Å². The van der Waals surface area contributed by atoms with Gasteiger partial charge in [-0.1, -0.05) is 6.07 Å². The number of nitrogens with one attached hydrogen (secondary N) is 1. The zero-order valence-corrected chi connectivity index (χ0v) is 12.3. The molecular weight excluding hydrogens is 240 g/mol. The van der Waals surface area contributed by atoms with Gasteiger partial charge >= 0.3 is 0 Å². The number of fused-ring (bicyclic) bond motifs is 1. The largest absolute Gasteiger partial charge is 0.486 e. The van der Waals surface area contributed by atoms with Crippen LogP contribution in [0.3, 0.4) is 0 Å². The Bertz CT molecular complexity index is 432. The summed E-state index contributed by atoms with van der Waals surface area (Å²) in [5.74, 6) is 1.72. The first-order chi connectivity index (χ1) is 9.00. The van der Waals surface area contributed by atoms with Crippen LogP contribution in [0.5, 0.6) is 11.5 Å². The molecule has 1 heterocycles. The first kappa shape index (κ1) is 14.2. The van der Waals surface area contributed by atoms with Crippen LogP contribution in [0.1, 0.15) is 19.4 Å². The van der Waals surface area contributed by atoms with Gasteiger partial charge in [0.05, 0.1) is 0 Å². The highest BCUT2D eigenvalue weighted by Crippen LogP contribution is 2.31. The molecule has 0 aliphatic carbocycles. The summed E-state index contributed by atoms with van der Waals surface area (Å²) in [6.45, 7) is 7.57. The first-order valence-corrected chi connectivity index (χ1v) is 6.76. The van der Waals surface area contributed by atoms with E-state index in [1.807, 2.05) is 13.1 Å². The molecule has 0 unspecified atom stereocenters. The Hall–Kier alpha value is -1.26. The van der Waals surface area contributed by atoms with E-state index in [1.165, 1.54) is 5.56 Å². The molecule has 1 aliphatic rings. The van der Waals surface area contributed by atoms with Crippen LogP contribution in [0.25, 0.3) is 0 Å². The monoisotopic (exact) mass is 264 g/mol. The predicted octanol–water partition coefficient (Wildman–Crippen LogP) is 1.89. The number of likely N-dealkylation sites (N-methyl/N-ethyl adjacent to an activating group) is 2. The second-order valence-corrected chi connectivity index (χ2v) is 5.78. The Morgan fingerprint density at radius 1 is 1.21 bits per heavy atom. The van der Waals surface area contributed by atoms with E-state index in [1.54, 1.807) is 0 Å². The third-order valence-electron chi connectivity index (χ3n) is 3.40. The van der Waals surface area contributed by atoms with Crippen molar-refractivity contribution in [2.45, 2.75) is 25.9 Å². The standard InChI is InChI=1S/C15H24N2O2/c1-15(2,16-3)11-17(4)10-12-5-6-13-14(9-12)19-8-7-18-13/h5-6,9,16H,7-8,10-11H2,1-4H3. The molecule has 1 aromatic carbocycles. The van der Waals surface area contributed by atoms with E-state index >= 15 is 0 Å². The Labute approximate surface area is 115 Å². The number of nitrogens with zero attached hydrogens (tertiary/aromatic N) is 1. The Balaban J connectivity index is 1.99. The van der Waals surface area contributed by atoms with E-state index in [2.05, 4.69) is 43.2 Å². The Morgan fingerprint density at radius 2 is 1.89 bits per heavy atom. The number of benzene rings is 1. The SMILES string of the molecule is CNC(C)(C)CN(C)Cc1ccc2c(c1)OCCO2. The highest BCUT2D eigenvalue weighted by molar-refractivity contribution is 5.43. The van der Waals surface area contributed by atoms with E-state index in [4.69, 9.17) is 9.47 Å². The number of rotatable bonds is 5. The fourth-order valence-corrected chi connectivity index (χ4v) is 2.31. The van der Waals surface area contributed by atoms with Crippen LogP contribution in [-0.2, 0) is 6.54 Å². The van der Waals surface area contributed by atoms with Crippen LogP contribution >= 0.6 is 0 Å². The third kappa shape index (κ3) is 3.85. The molecule has 0 amide bonds. The average molecular weight is 264 g/mol. The summed E-state index contributed by atoms with van der Waals surface area (Å²) in [4.78, 5) is 2.31. The number of hydrogen-bond donors (Lipinski definition) is 1. The summed E-state index contributed by atoms with van der Waals surface area (Å²) in [5.41, 5.74) is 1.36. The van der Waals surface area contributed by atoms with Crippen molar-refractivity contribution in [3.8, 4) is 11.5 Å². The van der Waals surface area contributed by atoms with Crippen LogP contribution in [0, 0.1) is 0 Å². The minimum Gasteiger partial charge on any atom is -0.486 e. The summed E-state index contributed by atoms with van der Waals surface area (Å²) in [6, 6.07) is 6.19. The van der Waals surface area contributed by atoms with Gasteiger partial charge in [0.15, 0.2) is 11.5 Å². The molecule has 0 radical (unpaired) electrons. The van der Waals surface area contributed by atoms with Gasteiger partial charge in [-0.2, -0.15) is 0 Å². The van der Waals surface area contributed by atoms with Gasteiger partial charge in [-0.15, -0.1) is 0 Å². The maximum atomic E-state index is 5.61. The fourth-order valence-electron chi connectivity index (χ4n) is 2.31. The van der Waals surface area contributed by atoms with Crippen molar-refractivity contribution in [3.05, 3.63) is 23.8 Å². The molecule has 1 aromatic rings. The minimum atomic E-state index is 0.114. The van der Waals surface area contributed by atoms with Gasteiger partial charge in [0.2, 0.25) is 0 Å². The van der Waals surface area contributed by atoms with E-state index in [-0.39, 0.29) is 5.54 Å². The molecule has 106 valence electrons. The molecule has 0 saturated carbocycles.